The zero-order chi connectivity index (χ0) is 28.1. The summed E-state index contributed by atoms with van der Waals surface area (Å²) < 4.78 is 16.4. The van der Waals surface area contributed by atoms with E-state index in [1.54, 1.807) is 31.4 Å². The summed E-state index contributed by atoms with van der Waals surface area (Å²) in [6, 6.07) is 27.7. The fraction of sp³-hybridized carbons (Fsp3) is 0.100. The second-order valence-electron chi connectivity index (χ2n) is 8.47. The largest absolute Gasteiger partial charge is 0.539 e. The summed E-state index contributed by atoms with van der Waals surface area (Å²) in [5.41, 5.74) is 3.50. The zero-order valence-electron chi connectivity index (χ0n) is 21.5. The SMILES string of the molecule is COc1ccc(-c2cc(-c3ccccc3)nc(SCC(=O)c3c([O-])on[n+]3-c3ccc(OC)cc3)c2C#N)cc1. The van der Waals surface area contributed by atoms with E-state index in [0.29, 0.717) is 39.0 Å². The van der Waals surface area contributed by atoms with E-state index in [4.69, 9.17) is 19.0 Å². The highest BCUT2D eigenvalue weighted by Crippen LogP contribution is 2.35. The van der Waals surface area contributed by atoms with Gasteiger partial charge in [0.25, 0.3) is 0 Å². The molecule has 0 saturated carbocycles. The maximum absolute atomic E-state index is 13.3. The number of hydrogen-bond donors (Lipinski definition) is 0. The molecule has 0 fully saturated rings. The summed E-state index contributed by atoms with van der Waals surface area (Å²) in [6.45, 7) is 0. The predicted octanol–water partition coefficient (Wildman–Crippen LogP) is 4.62. The average Bonchev–Trinajstić information content (AvgIpc) is 3.41. The van der Waals surface area contributed by atoms with Gasteiger partial charge in [-0.2, -0.15) is 5.26 Å². The number of nitriles is 1. The molecule has 40 heavy (non-hydrogen) atoms. The minimum absolute atomic E-state index is 0.172. The minimum Gasteiger partial charge on any atom is -0.539 e. The molecule has 0 unspecified atom stereocenters. The lowest BCUT2D eigenvalue weighted by Crippen LogP contribution is -2.39. The Morgan fingerprint density at radius 1 is 0.975 bits per heavy atom. The third-order valence-electron chi connectivity index (χ3n) is 6.10. The molecule has 0 saturated heterocycles. The summed E-state index contributed by atoms with van der Waals surface area (Å²) in [4.78, 5) is 18.0. The number of hydrogen-bond acceptors (Lipinski definition) is 9. The Labute approximate surface area is 234 Å². The van der Waals surface area contributed by atoms with Crippen LogP contribution in [-0.4, -0.2) is 36.0 Å². The Kier molecular flexibility index (Phi) is 7.75. The summed E-state index contributed by atoms with van der Waals surface area (Å²) in [5.74, 6) is -0.248. The Balaban J connectivity index is 1.51. The Morgan fingerprint density at radius 2 is 1.62 bits per heavy atom. The average molecular weight is 551 g/mol. The third-order valence-corrected chi connectivity index (χ3v) is 7.08. The quantitative estimate of drug-likeness (QED) is 0.147. The highest BCUT2D eigenvalue weighted by Gasteiger charge is 2.28. The van der Waals surface area contributed by atoms with Gasteiger partial charge in [0.05, 0.1) is 36.5 Å². The summed E-state index contributed by atoms with van der Waals surface area (Å²) in [6.07, 6.45) is 0. The predicted molar refractivity (Wildman–Crippen MR) is 145 cm³/mol. The number of rotatable bonds is 9. The number of methoxy groups -OCH3 is 2. The molecule has 0 N–H and O–H groups in total. The van der Waals surface area contributed by atoms with Gasteiger partial charge in [0, 0.05) is 23.3 Å². The molecule has 9 nitrogen and oxygen atoms in total. The van der Waals surface area contributed by atoms with Crippen molar-refractivity contribution < 1.29 is 28.6 Å². The van der Waals surface area contributed by atoms with Crippen LogP contribution in [-0.2, 0) is 0 Å². The molecule has 198 valence electrons. The molecule has 0 spiro atoms. The van der Waals surface area contributed by atoms with Gasteiger partial charge in [0.1, 0.15) is 22.6 Å². The number of ether oxygens (including phenoxy) is 2. The van der Waals surface area contributed by atoms with Crippen LogP contribution in [0.2, 0.25) is 0 Å². The van der Waals surface area contributed by atoms with Crippen molar-refractivity contribution in [2.75, 3.05) is 20.0 Å². The lowest BCUT2D eigenvalue weighted by molar-refractivity contribution is -0.672. The number of nitrogens with zero attached hydrogens (tertiary/aromatic N) is 4. The second kappa shape index (κ2) is 11.7. The number of ketones is 1. The first kappa shape index (κ1) is 26.5. The fourth-order valence-corrected chi connectivity index (χ4v) is 4.94. The van der Waals surface area contributed by atoms with Crippen LogP contribution in [0.1, 0.15) is 16.1 Å². The molecule has 3 aromatic carbocycles. The van der Waals surface area contributed by atoms with Crippen molar-refractivity contribution >= 4 is 17.5 Å². The van der Waals surface area contributed by atoms with E-state index in [-0.39, 0.29) is 11.4 Å². The van der Waals surface area contributed by atoms with Gasteiger partial charge >= 0.3 is 5.69 Å². The summed E-state index contributed by atoms with van der Waals surface area (Å²) in [5, 5.41) is 26.7. The number of Topliss-reactive ketones (excluding diaryl/α,β-unsaturated/α-hetero) is 1. The number of thioether (sulfide) groups is 1. The first-order chi connectivity index (χ1) is 19.5. The zero-order valence-corrected chi connectivity index (χ0v) is 22.3. The highest BCUT2D eigenvalue weighted by atomic mass is 32.2. The molecular formula is C30H22N4O5S. The van der Waals surface area contributed by atoms with Crippen molar-refractivity contribution in [1.82, 2.24) is 10.3 Å². The van der Waals surface area contributed by atoms with Crippen LogP contribution in [0.4, 0.5) is 0 Å². The van der Waals surface area contributed by atoms with E-state index < -0.39 is 11.7 Å². The Hall–Kier alpha value is -5.14. The van der Waals surface area contributed by atoms with Crippen LogP contribution in [0, 0.1) is 11.3 Å². The van der Waals surface area contributed by atoms with Crippen LogP contribution < -0.4 is 19.3 Å². The first-order valence-corrected chi connectivity index (χ1v) is 13.1. The summed E-state index contributed by atoms with van der Waals surface area (Å²) >= 11 is 1.07. The lowest BCUT2D eigenvalue weighted by Gasteiger charge is -2.13. The molecule has 0 radical (unpaired) electrons. The Bertz CT molecular complexity index is 1700. The molecule has 0 amide bonds. The van der Waals surface area contributed by atoms with Crippen LogP contribution in [0.3, 0.4) is 0 Å². The normalized spacial score (nSPS) is 10.6. The standard InChI is InChI=1S/C30H22N4O5S/c1-37-22-12-8-19(9-13-22)24-16-26(20-6-4-3-5-7-20)32-29(25(24)17-31)40-18-27(35)28-30(36)39-33-34(28)21-10-14-23(38-2)15-11-21/h3-16H,18H2,1-2H3. The lowest BCUT2D eigenvalue weighted by atomic mass is 9.99. The van der Waals surface area contributed by atoms with Crippen molar-refractivity contribution in [1.29, 1.82) is 5.26 Å². The maximum atomic E-state index is 13.3. The van der Waals surface area contributed by atoms with Gasteiger partial charge in [-0.25, -0.2) is 4.98 Å². The maximum Gasteiger partial charge on any atom is 0.307 e. The molecular weight excluding hydrogens is 528 g/mol. The van der Waals surface area contributed by atoms with E-state index in [2.05, 4.69) is 11.3 Å². The van der Waals surface area contributed by atoms with Crippen molar-refractivity contribution in [3.05, 3.63) is 96.2 Å². The fourth-order valence-electron chi connectivity index (χ4n) is 4.07. The Morgan fingerprint density at radius 3 is 2.25 bits per heavy atom. The van der Waals surface area contributed by atoms with Gasteiger partial charge in [-0.15, -0.1) is 0 Å². The van der Waals surface area contributed by atoms with E-state index in [1.807, 2.05) is 60.7 Å². The number of carbonyl (C=O) groups is 1. The van der Waals surface area contributed by atoms with Gasteiger partial charge in [-0.05, 0) is 40.6 Å². The van der Waals surface area contributed by atoms with E-state index in [1.165, 1.54) is 7.11 Å². The molecule has 2 heterocycles. The van der Waals surface area contributed by atoms with Gasteiger partial charge in [0.2, 0.25) is 11.5 Å². The van der Waals surface area contributed by atoms with Gasteiger partial charge in [-0.1, -0.05) is 54.2 Å². The van der Waals surface area contributed by atoms with Crippen LogP contribution in [0.25, 0.3) is 28.1 Å². The van der Waals surface area contributed by atoms with Crippen molar-refractivity contribution in [3.63, 3.8) is 0 Å². The van der Waals surface area contributed by atoms with Crippen molar-refractivity contribution in [2.24, 2.45) is 0 Å². The smallest absolute Gasteiger partial charge is 0.307 e. The number of aromatic nitrogens is 3. The minimum atomic E-state index is -0.855. The molecule has 2 aromatic heterocycles. The second-order valence-corrected chi connectivity index (χ2v) is 9.44. The highest BCUT2D eigenvalue weighted by molar-refractivity contribution is 8.00. The van der Waals surface area contributed by atoms with E-state index in [0.717, 1.165) is 27.6 Å². The molecule has 5 aromatic rings. The van der Waals surface area contributed by atoms with E-state index >= 15 is 0 Å². The van der Waals surface area contributed by atoms with Gasteiger partial charge < -0.3 is 19.1 Å². The van der Waals surface area contributed by atoms with E-state index in [9.17, 15) is 15.2 Å². The molecule has 0 bridgehead atoms. The number of benzene rings is 3. The topological polar surface area (TPSA) is 125 Å². The number of pyridine rings is 1. The van der Waals surface area contributed by atoms with Gasteiger partial charge in [0.15, 0.2) is 5.95 Å². The summed E-state index contributed by atoms with van der Waals surface area (Å²) in [7, 11) is 3.12. The van der Waals surface area contributed by atoms with Crippen molar-refractivity contribution in [2.45, 2.75) is 5.03 Å². The molecule has 0 aliphatic heterocycles. The number of carbonyl (C=O) groups excluding carboxylic acids is 1. The third kappa shape index (κ3) is 5.36. The van der Waals surface area contributed by atoms with Crippen molar-refractivity contribution in [3.8, 4) is 51.6 Å². The van der Waals surface area contributed by atoms with Crippen LogP contribution in [0.5, 0.6) is 17.4 Å². The molecule has 0 aliphatic rings. The molecule has 0 atom stereocenters. The first-order valence-electron chi connectivity index (χ1n) is 12.1. The monoisotopic (exact) mass is 550 g/mol. The van der Waals surface area contributed by atoms with Gasteiger partial charge in [-0.3, -0.25) is 4.79 Å². The van der Waals surface area contributed by atoms with Crippen LogP contribution in [0.15, 0.2) is 94.5 Å². The van der Waals surface area contributed by atoms with Crippen LogP contribution >= 0.6 is 11.8 Å². The molecule has 5 rings (SSSR count). The molecule has 10 heteroatoms. The molecule has 0 aliphatic carbocycles.